The molecule has 7 nitrogen and oxygen atoms in total. The van der Waals surface area contributed by atoms with Crippen LogP contribution in [0.2, 0.25) is 0 Å². The van der Waals surface area contributed by atoms with Crippen LogP contribution in [-0.4, -0.2) is 48.3 Å². The van der Waals surface area contributed by atoms with E-state index in [1.807, 2.05) is 0 Å². The molecule has 0 radical (unpaired) electrons. The number of carbonyl (C=O) groups excluding carboxylic acids is 1. The van der Waals surface area contributed by atoms with Crippen LogP contribution in [0.5, 0.6) is 0 Å². The second-order valence-corrected chi connectivity index (χ2v) is 5.39. The van der Waals surface area contributed by atoms with Gasteiger partial charge in [-0.05, 0) is 18.0 Å². The van der Waals surface area contributed by atoms with Gasteiger partial charge in [-0.2, -0.15) is 4.98 Å². The Labute approximate surface area is 118 Å². The maximum Gasteiger partial charge on any atom is 0.266 e. The van der Waals surface area contributed by atoms with E-state index in [2.05, 4.69) is 25.7 Å². The van der Waals surface area contributed by atoms with Crippen LogP contribution in [0.15, 0.2) is 4.52 Å². The van der Waals surface area contributed by atoms with Crippen molar-refractivity contribution in [2.45, 2.75) is 38.1 Å². The summed E-state index contributed by atoms with van der Waals surface area (Å²) in [6.07, 6.45) is 5.35. The maximum absolute atomic E-state index is 11.7. The highest BCUT2D eigenvalue weighted by Crippen LogP contribution is 2.16. The van der Waals surface area contributed by atoms with E-state index in [0.717, 1.165) is 19.6 Å². The number of hydrogen-bond acceptors (Lipinski definition) is 6. The summed E-state index contributed by atoms with van der Waals surface area (Å²) in [5.41, 5.74) is 0. The normalized spacial score (nSPS) is 24.3. The highest BCUT2D eigenvalue weighted by molar-refractivity contribution is 5.82. The van der Waals surface area contributed by atoms with Crippen LogP contribution >= 0.6 is 0 Å². The molecule has 0 saturated carbocycles. The van der Waals surface area contributed by atoms with Crippen molar-refractivity contribution in [3.63, 3.8) is 0 Å². The lowest BCUT2D eigenvalue weighted by atomic mass is 10.1. The monoisotopic (exact) mass is 279 g/mol. The predicted octanol–water partition coefficient (Wildman–Crippen LogP) is 0.0805. The first kappa shape index (κ1) is 13.4. The standard InChI is InChI=1S/C13H21N5O2/c19-12-10(14-5-6-15-12)9-11-16-13(17-20-11)18-7-3-1-2-4-8-18/h10,14H,1-9H2,(H,15,19). The molecule has 3 heterocycles. The van der Waals surface area contributed by atoms with E-state index in [1.54, 1.807) is 0 Å². The van der Waals surface area contributed by atoms with Crippen molar-refractivity contribution in [2.24, 2.45) is 0 Å². The zero-order valence-electron chi connectivity index (χ0n) is 11.6. The number of nitrogens with zero attached hydrogens (tertiary/aromatic N) is 3. The van der Waals surface area contributed by atoms with Crippen molar-refractivity contribution in [3.8, 4) is 0 Å². The second kappa shape index (κ2) is 6.21. The average molecular weight is 279 g/mol. The summed E-state index contributed by atoms with van der Waals surface area (Å²) in [5, 5.41) is 10.0. The zero-order valence-corrected chi connectivity index (χ0v) is 11.6. The van der Waals surface area contributed by atoms with Gasteiger partial charge in [-0.3, -0.25) is 4.79 Å². The molecular weight excluding hydrogens is 258 g/mol. The van der Waals surface area contributed by atoms with Crippen molar-refractivity contribution in [2.75, 3.05) is 31.1 Å². The summed E-state index contributed by atoms with van der Waals surface area (Å²) in [5.74, 6) is 1.20. The summed E-state index contributed by atoms with van der Waals surface area (Å²) < 4.78 is 5.29. The quantitative estimate of drug-likeness (QED) is 0.815. The Morgan fingerprint density at radius 2 is 2.00 bits per heavy atom. The lowest BCUT2D eigenvalue weighted by Crippen LogP contribution is -2.53. The summed E-state index contributed by atoms with van der Waals surface area (Å²) >= 11 is 0. The minimum Gasteiger partial charge on any atom is -0.353 e. The molecule has 2 saturated heterocycles. The van der Waals surface area contributed by atoms with Gasteiger partial charge in [0.2, 0.25) is 11.8 Å². The lowest BCUT2D eigenvalue weighted by Gasteiger charge is -2.21. The van der Waals surface area contributed by atoms with Crippen LogP contribution in [0, 0.1) is 0 Å². The molecule has 20 heavy (non-hydrogen) atoms. The van der Waals surface area contributed by atoms with Crippen LogP contribution < -0.4 is 15.5 Å². The summed E-state index contributed by atoms with van der Waals surface area (Å²) in [7, 11) is 0. The topological polar surface area (TPSA) is 83.3 Å². The molecule has 3 rings (SSSR count). The lowest BCUT2D eigenvalue weighted by molar-refractivity contribution is -0.124. The van der Waals surface area contributed by atoms with Gasteiger partial charge in [-0.15, -0.1) is 0 Å². The summed E-state index contributed by atoms with van der Waals surface area (Å²) in [6, 6.07) is -0.263. The molecular formula is C13H21N5O2. The molecule has 0 aliphatic carbocycles. The van der Waals surface area contributed by atoms with Gasteiger partial charge in [0, 0.05) is 26.2 Å². The molecule has 1 aromatic rings. The minimum absolute atomic E-state index is 0.00534. The van der Waals surface area contributed by atoms with E-state index in [4.69, 9.17) is 4.52 Å². The van der Waals surface area contributed by atoms with E-state index >= 15 is 0 Å². The Balaban J connectivity index is 1.62. The van der Waals surface area contributed by atoms with Crippen LogP contribution in [-0.2, 0) is 11.2 Å². The van der Waals surface area contributed by atoms with Gasteiger partial charge in [-0.1, -0.05) is 12.8 Å². The Bertz CT molecular complexity index is 453. The minimum atomic E-state index is -0.263. The van der Waals surface area contributed by atoms with Crippen LogP contribution in [0.4, 0.5) is 5.95 Å². The molecule has 1 atom stereocenters. The fraction of sp³-hybridized carbons (Fsp3) is 0.769. The van der Waals surface area contributed by atoms with E-state index in [1.165, 1.54) is 25.7 Å². The fourth-order valence-electron chi connectivity index (χ4n) is 2.72. The number of aromatic nitrogens is 2. The summed E-state index contributed by atoms with van der Waals surface area (Å²) in [6.45, 7) is 3.43. The Kier molecular flexibility index (Phi) is 4.15. The number of nitrogens with one attached hydrogen (secondary N) is 2. The van der Waals surface area contributed by atoms with Crippen molar-refractivity contribution >= 4 is 11.9 Å². The second-order valence-electron chi connectivity index (χ2n) is 5.39. The molecule has 7 heteroatoms. The molecule has 110 valence electrons. The number of anilines is 1. The van der Waals surface area contributed by atoms with E-state index in [9.17, 15) is 4.79 Å². The Hall–Kier alpha value is -1.63. The van der Waals surface area contributed by atoms with Crippen molar-refractivity contribution < 1.29 is 9.32 Å². The number of rotatable bonds is 3. The fourth-order valence-corrected chi connectivity index (χ4v) is 2.72. The van der Waals surface area contributed by atoms with E-state index in [0.29, 0.717) is 24.8 Å². The first-order valence-corrected chi connectivity index (χ1v) is 7.41. The van der Waals surface area contributed by atoms with Crippen LogP contribution in [0.3, 0.4) is 0 Å². The third kappa shape index (κ3) is 3.09. The first-order valence-electron chi connectivity index (χ1n) is 7.41. The molecule has 2 fully saturated rings. The van der Waals surface area contributed by atoms with Gasteiger partial charge in [0.1, 0.15) is 0 Å². The molecule has 1 aromatic heterocycles. The number of piperazine rings is 1. The Morgan fingerprint density at radius 1 is 1.20 bits per heavy atom. The number of amides is 1. The van der Waals surface area contributed by atoms with Gasteiger partial charge in [0.05, 0.1) is 12.5 Å². The smallest absolute Gasteiger partial charge is 0.266 e. The largest absolute Gasteiger partial charge is 0.353 e. The molecule has 0 bridgehead atoms. The third-order valence-corrected chi connectivity index (χ3v) is 3.86. The van der Waals surface area contributed by atoms with E-state index < -0.39 is 0 Å². The van der Waals surface area contributed by atoms with Crippen molar-refractivity contribution in [1.29, 1.82) is 0 Å². The molecule has 2 N–H and O–H groups in total. The Morgan fingerprint density at radius 3 is 2.75 bits per heavy atom. The zero-order chi connectivity index (χ0) is 13.8. The third-order valence-electron chi connectivity index (χ3n) is 3.86. The highest BCUT2D eigenvalue weighted by atomic mass is 16.5. The number of carbonyl (C=O) groups is 1. The van der Waals surface area contributed by atoms with Gasteiger partial charge in [0.15, 0.2) is 0 Å². The highest BCUT2D eigenvalue weighted by Gasteiger charge is 2.25. The number of hydrogen-bond donors (Lipinski definition) is 2. The van der Waals surface area contributed by atoms with Crippen molar-refractivity contribution in [1.82, 2.24) is 20.8 Å². The van der Waals surface area contributed by atoms with Gasteiger partial charge >= 0.3 is 0 Å². The van der Waals surface area contributed by atoms with Crippen LogP contribution in [0.1, 0.15) is 31.6 Å². The SMILES string of the molecule is O=C1NCCNC1Cc1nc(N2CCCCCC2)no1. The molecule has 1 unspecified atom stereocenters. The predicted molar refractivity (Wildman–Crippen MR) is 73.5 cm³/mol. The van der Waals surface area contributed by atoms with Crippen molar-refractivity contribution in [3.05, 3.63) is 5.89 Å². The molecule has 0 aromatic carbocycles. The summed E-state index contributed by atoms with van der Waals surface area (Å²) in [4.78, 5) is 18.3. The van der Waals surface area contributed by atoms with Gasteiger partial charge in [0.25, 0.3) is 5.95 Å². The van der Waals surface area contributed by atoms with E-state index in [-0.39, 0.29) is 11.9 Å². The molecule has 2 aliphatic rings. The van der Waals surface area contributed by atoms with Crippen LogP contribution in [0.25, 0.3) is 0 Å². The van der Waals surface area contributed by atoms with Gasteiger partial charge in [-0.25, -0.2) is 0 Å². The van der Waals surface area contributed by atoms with Gasteiger partial charge < -0.3 is 20.1 Å². The molecule has 0 spiro atoms. The first-order chi connectivity index (χ1) is 9.83. The molecule has 1 amide bonds. The maximum atomic E-state index is 11.7. The average Bonchev–Trinajstić information content (AvgIpc) is 2.74. The molecule has 2 aliphatic heterocycles.